The lowest BCUT2D eigenvalue weighted by atomic mass is 10.1. The Bertz CT molecular complexity index is 453. The van der Waals surface area contributed by atoms with Crippen LogP contribution in [0.2, 0.25) is 10.0 Å². The second-order valence-corrected chi connectivity index (χ2v) is 4.75. The average molecular weight is 258 g/mol. The third-order valence-corrected chi connectivity index (χ3v) is 2.37. The number of halogens is 2. The number of rotatable bonds is 1. The third-order valence-electron chi connectivity index (χ3n) is 1.76. The zero-order chi connectivity index (χ0) is 12.3. The Balaban J connectivity index is 3.16. The quantitative estimate of drug-likeness (QED) is 0.785. The van der Waals surface area contributed by atoms with Crippen LogP contribution in [0.15, 0.2) is 12.1 Å². The summed E-state index contributed by atoms with van der Waals surface area (Å²) in [4.78, 5) is 0. The van der Waals surface area contributed by atoms with Crippen LogP contribution in [0.3, 0.4) is 0 Å². The van der Waals surface area contributed by atoms with Crippen molar-refractivity contribution in [3.05, 3.63) is 27.7 Å². The van der Waals surface area contributed by atoms with Crippen molar-refractivity contribution in [3.8, 4) is 17.6 Å². The molecule has 16 heavy (non-hydrogen) atoms. The normalized spacial score (nSPS) is 10.6. The molecule has 0 atom stereocenters. The maximum absolute atomic E-state index is 6.03. The van der Waals surface area contributed by atoms with Gasteiger partial charge in [-0.2, -0.15) is 0 Å². The molecule has 0 aromatic heterocycles. The van der Waals surface area contributed by atoms with E-state index in [1.165, 1.54) is 7.11 Å². The first-order valence-corrected chi connectivity index (χ1v) is 5.44. The number of ether oxygens (including phenoxy) is 1. The first-order valence-electron chi connectivity index (χ1n) is 4.68. The van der Waals surface area contributed by atoms with E-state index < -0.39 is 5.54 Å². The minimum atomic E-state index is -0.560. The highest BCUT2D eigenvalue weighted by Crippen LogP contribution is 2.30. The Morgan fingerprint density at radius 3 is 2.38 bits per heavy atom. The number of methoxy groups -OCH3 is 1. The molecule has 1 rings (SSSR count). The Morgan fingerprint density at radius 1 is 1.25 bits per heavy atom. The molecule has 0 aliphatic carbocycles. The van der Waals surface area contributed by atoms with Gasteiger partial charge < -0.3 is 10.5 Å². The third kappa shape index (κ3) is 3.61. The predicted octanol–water partition coefficient (Wildman–Crippen LogP) is 3.09. The molecule has 0 saturated heterocycles. The number of hydrogen-bond acceptors (Lipinski definition) is 2. The average Bonchev–Trinajstić information content (AvgIpc) is 2.17. The van der Waals surface area contributed by atoms with Gasteiger partial charge in [0.1, 0.15) is 5.75 Å². The summed E-state index contributed by atoms with van der Waals surface area (Å²) in [7, 11) is 1.53. The summed E-state index contributed by atoms with van der Waals surface area (Å²) >= 11 is 12.0. The Labute approximate surface area is 106 Å². The van der Waals surface area contributed by atoms with Crippen molar-refractivity contribution in [1.82, 2.24) is 0 Å². The monoisotopic (exact) mass is 257 g/mol. The van der Waals surface area contributed by atoms with E-state index in [0.29, 0.717) is 21.4 Å². The molecule has 86 valence electrons. The molecule has 0 spiro atoms. The molecule has 0 saturated carbocycles. The largest absolute Gasteiger partial charge is 0.495 e. The van der Waals surface area contributed by atoms with Crippen LogP contribution in [0, 0.1) is 11.8 Å². The minimum Gasteiger partial charge on any atom is -0.495 e. The molecule has 1 aromatic carbocycles. The first-order chi connectivity index (χ1) is 7.33. The fourth-order valence-electron chi connectivity index (χ4n) is 1.01. The highest BCUT2D eigenvalue weighted by atomic mass is 35.5. The highest BCUT2D eigenvalue weighted by Gasteiger charge is 2.08. The molecule has 0 fully saturated rings. The van der Waals surface area contributed by atoms with Crippen LogP contribution in [0.25, 0.3) is 0 Å². The van der Waals surface area contributed by atoms with Crippen molar-refractivity contribution >= 4 is 23.2 Å². The van der Waals surface area contributed by atoms with Gasteiger partial charge in [0.25, 0.3) is 0 Å². The molecule has 2 nitrogen and oxygen atoms in total. The van der Waals surface area contributed by atoms with E-state index in [2.05, 4.69) is 11.8 Å². The van der Waals surface area contributed by atoms with Gasteiger partial charge in [-0.05, 0) is 19.9 Å². The number of nitrogens with two attached hydrogens (primary N) is 1. The molecule has 4 heteroatoms. The Hall–Kier alpha value is -0.880. The fourth-order valence-corrected chi connectivity index (χ4v) is 1.45. The maximum Gasteiger partial charge on any atom is 0.139 e. The summed E-state index contributed by atoms with van der Waals surface area (Å²) in [6.07, 6.45) is 0. The molecule has 0 bridgehead atoms. The van der Waals surface area contributed by atoms with Crippen molar-refractivity contribution in [2.45, 2.75) is 19.4 Å². The number of benzene rings is 1. The van der Waals surface area contributed by atoms with Crippen LogP contribution < -0.4 is 10.5 Å². The molecule has 0 aliphatic rings. The van der Waals surface area contributed by atoms with E-state index in [0.717, 1.165) is 0 Å². The van der Waals surface area contributed by atoms with Crippen LogP contribution in [0.1, 0.15) is 19.4 Å². The van der Waals surface area contributed by atoms with Gasteiger partial charge in [-0.25, -0.2) is 0 Å². The smallest absolute Gasteiger partial charge is 0.139 e. The zero-order valence-electron chi connectivity index (χ0n) is 9.40. The van der Waals surface area contributed by atoms with Crippen molar-refractivity contribution in [2.24, 2.45) is 5.73 Å². The SMILES string of the molecule is COc1cc(Cl)c(C#CC(C)(C)N)cc1Cl. The summed E-state index contributed by atoms with van der Waals surface area (Å²) in [6.45, 7) is 3.64. The maximum atomic E-state index is 6.03. The van der Waals surface area contributed by atoms with E-state index in [1.807, 2.05) is 13.8 Å². The van der Waals surface area contributed by atoms with Gasteiger partial charge in [-0.1, -0.05) is 35.0 Å². The van der Waals surface area contributed by atoms with Crippen LogP contribution in [-0.2, 0) is 0 Å². The molecule has 1 aromatic rings. The molecule has 0 radical (unpaired) electrons. The summed E-state index contributed by atoms with van der Waals surface area (Å²) < 4.78 is 5.04. The molecule has 0 amide bonds. The fraction of sp³-hybridized carbons (Fsp3) is 0.333. The second-order valence-electron chi connectivity index (χ2n) is 3.94. The second kappa shape index (κ2) is 4.97. The highest BCUT2D eigenvalue weighted by molar-refractivity contribution is 6.35. The van der Waals surface area contributed by atoms with Crippen molar-refractivity contribution in [1.29, 1.82) is 0 Å². The van der Waals surface area contributed by atoms with E-state index in [1.54, 1.807) is 12.1 Å². The van der Waals surface area contributed by atoms with Crippen molar-refractivity contribution in [2.75, 3.05) is 7.11 Å². The lowest BCUT2D eigenvalue weighted by molar-refractivity contribution is 0.415. The summed E-state index contributed by atoms with van der Waals surface area (Å²) in [5.74, 6) is 6.32. The van der Waals surface area contributed by atoms with Gasteiger partial charge in [-0.3, -0.25) is 0 Å². The molecule has 0 unspecified atom stereocenters. The summed E-state index contributed by atoms with van der Waals surface area (Å²) in [5, 5.41) is 0.976. The molecule has 0 aliphatic heterocycles. The van der Waals surface area contributed by atoms with E-state index >= 15 is 0 Å². The Morgan fingerprint density at radius 2 is 1.88 bits per heavy atom. The molecular weight excluding hydrogens is 245 g/mol. The lowest BCUT2D eigenvalue weighted by Crippen LogP contribution is -2.29. The van der Waals surface area contributed by atoms with Crippen LogP contribution in [0.5, 0.6) is 5.75 Å². The minimum absolute atomic E-state index is 0.478. The van der Waals surface area contributed by atoms with Crippen LogP contribution in [-0.4, -0.2) is 12.6 Å². The van der Waals surface area contributed by atoms with Crippen LogP contribution in [0.4, 0.5) is 0 Å². The van der Waals surface area contributed by atoms with Gasteiger partial charge in [0.05, 0.1) is 22.7 Å². The lowest BCUT2D eigenvalue weighted by Gasteiger charge is -2.08. The van der Waals surface area contributed by atoms with E-state index in [4.69, 9.17) is 33.7 Å². The van der Waals surface area contributed by atoms with Crippen molar-refractivity contribution < 1.29 is 4.74 Å². The molecule has 0 heterocycles. The van der Waals surface area contributed by atoms with Gasteiger partial charge >= 0.3 is 0 Å². The number of hydrogen-bond donors (Lipinski definition) is 1. The van der Waals surface area contributed by atoms with Crippen molar-refractivity contribution in [3.63, 3.8) is 0 Å². The van der Waals surface area contributed by atoms with Gasteiger partial charge in [0.2, 0.25) is 0 Å². The van der Waals surface area contributed by atoms with E-state index in [-0.39, 0.29) is 0 Å². The molecule has 2 N–H and O–H groups in total. The van der Waals surface area contributed by atoms with Crippen LogP contribution >= 0.6 is 23.2 Å². The zero-order valence-corrected chi connectivity index (χ0v) is 10.9. The molecular formula is C12H13Cl2NO. The topological polar surface area (TPSA) is 35.2 Å². The summed E-state index contributed by atoms with van der Waals surface area (Å²) in [5.41, 5.74) is 5.84. The first kappa shape index (κ1) is 13.2. The van der Waals surface area contributed by atoms with E-state index in [9.17, 15) is 0 Å². The van der Waals surface area contributed by atoms with Gasteiger partial charge in [-0.15, -0.1) is 0 Å². The van der Waals surface area contributed by atoms with Gasteiger partial charge in [0, 0.05) is 11.6 Å². The Kier molecular flexibility index (Phi) is 4.09. The van der Waals surface area contributed by atoms with Gasteiger partial charge in [0.15, 0.2) is 0 Å². The predicted molar refractivity (Wildman–Crippen MR) is 68.2 cm³/mol. The standard InChI is InChI=1S/C12H13Cl2NO/c1-12(2,15)5-4-8-6-10(14)11(16-3)7-9(8)13/h6-7H,15H2,1-3H3. The summed E-state index contributed by atoms with van der Waals surface area (Å²) in [6, 6.07) is 3.30.